The first-order chi connectivity index (χ1) is 6.31. The van der Waals surface area contributed by atoms with Gasteiger partial charge >= 0.3 is 0 Å². The van der Waals surface area contributed by atoms with Gasteiger partial charge in [-0.3, -0.25) is 0 Å². The highest BCUT2D eigenvalue weighted by Gasteiger charge is 2.41. The molecule has 0 aliphatic heterocycles. The van der Waals surface area contributed by atoms with Gasteiger partial charge in [-0.1, -0.05) is 13.3 Å². The molecule has 0 aromatic rings. The van der Waals surface area contributed by atoms with Gasteiger partial charge in [-0.15, -0.1) is 0 Å². The second kappa shape index (κ2) is 2.98. The Kier molecular flexibility index (Phi) is 1.90. The molecule has 1 nitrogen and oxygen atoms in total. The maximum Gasteiger partial charge on any atom is 0.0101 e. The van der Waals surface area contributed by atoms with Gasteiger partial charge in [-0.2, -0.15) is 0 Å². The number of hydrogen-bond acceptors (Lipinski definition) is 1. The monoisotopic (exact) mass is 179 g/mol. The lowest BCUT2D eigenvalue weighted by molar-refractivity contribution is 0.198. The molecule has 3 saturated carbocycles. The standard InChI is InChI=1S/C12H21N/c1-8-4-11(5-8)13-12-7-9-2-3-10(12)6-9/h8-13H,2-7H2,1H3. The zero-order valence-electron chi connectivity index (χ0n) is 8.63. The summed E-state index contributed by atoms with van der Waals surface area (Å²) in [5.74, 6) is 3.15. The Hall–Kier alpha value is -0.0400. The Labute approximate surface area is 81.3 Å². The van der Waals surface area contributed by atoms with Gasteiger partial charge in [0.2, 0.25) is 0 Å². The van der Waals surface area contributed by atoms with Crippen LogP contribution >= 0.6 is 0 Å². The van der Waals surface area contributed by atoms with Crippen LogP contribution < -0.4 is 5.32 Å². The lowest BCUT2D eigenvalue weighted by atomic mass is 9.80. The summed E-state index contributed by atoms with van der Waals surface area (Å²) < 4.78 is 0. The highest BCUT2D eigenvalue weighted by atomic mass is 15.0. The largest absolute Gasteiger partial charge is 0.311 e. The number of nitrogens with one attached hydrogen (secondary N) is 1. The molecular weight excluding hydrogens is 158 g/mol. The molecule has 3 unspecified atom stereocenters. The second-order valence-corrected chi connectivity index (χ2v) is 5.72. The molecule has 3 fully saturated rings. The van der Waals surface area contributed by atoms with Gasteiger partial charge in [-0.25, -0.2) is 0 Å². The van der Waals surface area contributed by atoms with Crippen LogP contribution in [0.4, 0.5) is 0 Å². The first-order valence-corrected chi connectivity index (χ1v) is 6.07. The van der Waals surface area contributed by atoms with Crippen LogP contribution in [0, 0.1) is 17.8 Å². The molecule has 74 valence electrons. The molecule has 2 bridgehead atoms. The van der Waals surface area contributed by atoms with Gasteiger partial charge in [-0.05, 0) is 49.9 Å². The Bertz CT molecular complexity index is 195. The molecule has 3 aliphatic carbocycles. The Morgan fingerprint density at radius 1 is 1.00 bits per heavy atom. The van der Waals surface area contributed by atoms with E-state index in [2.05, 4.69) is 12.2 Å². The molecule has 3 atom stereocenters. The van der Waals surface area contributed by atoms with Crippen molar-refractivity contribution in [2.75, 3.05) is 0 Å². The van der Waals surface area contributed by atoms with Gasteiger partial charge in [0.25, 0.3) is 0 Å². The summed E-state index contributed by atoms with van der Waals surface area (Å²) in [5.41, 5.74) is 0. The van der Waals surface area contributed by atoms with Gasteiger partial charge in [0.15, 0.2) is 0 Å². The minimum atomic E-state index is 0.888. The molecule has 0 spiro atoms. The maximum atomic E-state index is 3.88. The third-order valence-electron chi connectivity index (χ3n) is 4.56. The van der Waals surface area contributed by atoms with Crippen molar-refractivity contribution in [1.29, 1.82) is 0 Å². The molecule has 3 rings (SSSR count). The molecule has 1 N–H and O–H groups in total. The van der Waals surface area contributed by atoms with E-state index in [0.29, 0.717) is 0 Å². The highest BCUT2D eigenvalue weighted by Crippen LogP contribution is 2.45. The predicted octanol–water partition coefficient (Wildman–Crippen LogP) is 2.56. The van der Waals surface area contributed by atoms with E-state index in [0.717, 1.165) is 29.8 Å². The van der Waals surface area contributed by atoms with Gasteiger partial charge in [0, 0.05) is 12.1 Å². The van der Waals surface area contributed by atoms with Crippen LogP contribution in [0.15, 0.2) is 0 Å². The van der Waals surface area contributed by atoms with Crippen molar-refractivity contribution in [2.24, 2.45) is 17.8 Å². The van der Waals surface area contributed by atoms with Crippen molar-refractivity contribution in [3.05, 3.63) is 0 Å². The average Bonchev–Trinajstić information content (AvgIpc) is 2.62. The topological polar surface area (TPSA) is 12.0 Å². The van der Waals surface area contributed by atoms with E-state index in [4.69, 9.17) is 0 Å². The van der Waals surface area contributed by atoms with Gasteiger partial charge < -0.3 is 5.32 Å². The zero-order chi connectivity index (χ0) is 8.84. The summed E-state index contributed by atoms with van der Waals surface area (Å²) in [4.78, 5) is 0. The van der Waals surface area contributed by atoms with Crippen LogP contribution in [-0.4, -0.2) is 12.1 Å². The molecular formula is C12H21N. The summed E-state index contributed by atoms with van der Waals surface area (Å²) in [5, 5.41) is 3.88. The molecule has 0 aromatic carbocycles. The fraction of sp³-hybridized carbons (Fsp3) is 1.00. The number of rotatable bonds is 2. The SMILES string of the molecule is CC1CC(NC2CC3CCC2C3)C1. The van der Waals surface area contributed by atoms with E-state index in [1.54, 1.807) is 6.42 Å². The average molecular weight is 179 g/mol. The fourth-order valence-corrected chi connectivity index (χ4v) is 3.79. The van der Waals surface area contributed by atoms with Crippen LogP contribution in [-0.2, 0) is 0 Å². The summed E-state index contributed by atoms with van der Waals surface area (Å²) in [6.45, 7) is 2.37. The molecule has 0 aromatic heterocycles. The van der Waals surface area contributed by atoms with Crippen molar-refractivity contribution in [2.45, 2.75) is 57.5 Å². The van der Waals surface area contributed by atoms with Crippen molar-refractivity contribution in [1.82, 2.24) is 5.32 Å². The lowest BCUT2D eigenvalue weighted by Gasteiger charge is -2.37. The van der Waals surface area contributed by atoms with Gasteiger partial charge in [0.05, 0.1) is 0 Å². The van der Waals surface area contributed by atoms with E-state index in [1.165, 1.54) is 32.1 Å². The molecule has 13 heavy (non-hydrogen) atoms. The summed E-state index contributed by atoms with van der Waals surface area (Å²) in [6.07, 6.45) is 8.96. The fourth-order valence-electron chi connectivity index (χ4n) is 3.79. The first kappa shape index (κ1) is 8.28. The van der Waals surface area contributed by atoms with E-state index >= 15 is 0 Å². The first-order valence-electron chi connectivity index (χ1n) is 6.07. The van der Waals surface area contributed by atoms with E-state index in [9.17, 15) is 0 Å². The van der Waals surface area contributed by atoms with E-state index in [-0.39, 0.29) is 0 Å². The molecule has 0 amide bonds. The Morgan fingerprint density at radius 3 is 2.38 bits per heavy atom. The number of hydrogen-bond donors (Lipinski definition) is 1. The van der Waals surface area contributed by atoms with Crippen LogP contribution in [0.5, 0.6) is 0 Å². The van der Waals surface area contributed by atoms with E-state index < -0.39 is 0 Å². The normalized spacial score (nSPS) is 53.8. The molecule has 3 aliphatic rings. The predicted molar refractivity (Wildman–Crippen MR) is 54.6 cm³/mol. The molecule has 0 saturated heterocycles. The second-order valence-electron chi connectivity index (χ2n) is 5.72. The molecule has 0 heterocycles. The Balaban J connectivity index is 1.51. The summed E-state index contributed by atoms with van der Waals surface area (Å²) in [7, 11) is 0. The molecule has 0 radical (unpaired) electrons. The minimum absolute atomic E-state index is 0.888. The van der Waals surface area contributed by atoms with E-state index in [1.807, 2.05) is 0 Å². The summed E-state index contributed by atoms with van der Waals surface area (Å²) >= 11 is 0. The van der Waals surface area contributed by atoms with Crippen molar-refractivity contribution >= 4 is 0 Å². The van der Waals surface area contributed by atoms with Crippen LogP contribution in [0.1, 0.15) is 45.4 Å². The van der Waals surface area contributed by atoms with Gasteiger partial charge in [0.1, 0.15) is 0 Å². The quantitative estimate of drug-likeness (QED) is 0.687. The molecule has 1 heteroatoms. The minimum Gasteiger partial charge on any atom is -0.311 e. The lowest BCUT2D eigenvalue weighted by Crippen LogP contribution is -2.47. The van der Waals surface area contributed by atoms with Crippen molar-refractivity contribution < 1.29 is 0 Å². The summed E-state index contributed by atoms with van der Waals surface area (Å²) in [6, 6.07) is 1.80. The Morgan fingerprint density at radius 2 is 1.85 bits per heavy atom. The number of fused-ring (bicyclic) bond motifs is 2. The van der Waals surface area contributed by atoms with Crippen LogP contribution in [0.2, 0.25) is 0 Å². The third-order valence-corrected chi connectivity index (χ3v) is 4.56. The smallest absolute Gasteiger partial charge is 0.0101 e. The van der Waals surface area contributed by atoms with Crippen LogP contribution in [0.25, 0.3) is 0 Å². The van der Waals surface area contributed by atoms with Crippen LogP contribution in [0.3, 0.4) is 0 Å². The maximum absolute atomic E-state index is 3.88. The highest BCUT2D eigenvalue weighted by molar-refractivity contribution is 4.97. The van der Waals surface area contributed by atoms with Crippen molar-refractivity contribution in [3.63, 3.8) is 0 Å². The third kappa shape index (κ3) is 1.41. The zero-order valence-corrected chi connectivity index (χ0v) is 8.63. The van der Waals surface area contributed by atoms with Crippen molar-refractivity contribution in [3.8, 4) is 0 Å².